The first-order chi connectivity index (χ1) is 16.7. The van der Waals surface area contributed by atoms with Crippen LogP contribution in [0.2, 0.25) is 0 Å². The van der Waals surface area contributed by atoms with E-state index in [1.807, 2.05) is 18.2 Å². The Labute approximate surface area is 196 Å². The summed E-state index contributed by atoms with van der Waals surface area (Å²) < 4.78 is 4.86. The first-order valence-corrected chi connectivity index (χ1v) is 11.1. The summed E-state index contributed by atoms with van der Waals surface area (Å²) in [4.78, 5) is 29.6. The van der Waals surface area contributed by atoms with Crippen LogP contribution in [0.1, 0.15) is 36.9 Å². The van der Waals surface area contributed by atoms with E-state index in [4.69, 9.17) is 4.74 Å². The van der Waals surface area contributed by atoms with Crippen LogP contribution < -0.4 is 5.32 Å². The minimum Gasteiger partial charge on any atom is -0.469 e. The molecule has 0 aliphatic heterocycles. The van der Waals surface area contributed by atoms with Gasteiger partial charge < -0.3 is 10.1 Å². The summed E-state index contributed by atoms with van der Waals surface area (Å²) in [5.74, 6) is 7.10. The Morgan fingerprint density at radius 3 is 2.76 bits per heavy atom. The number of anilines is 1. The van der Waals surface area contributed by atoms with E-state index in [0.29, 0.717) is 23.2 Å². The Kier molecular flexibility index (Phi) is 6.12. The highest BCUT2D eigenvalue weighted by molar-refractivity contribution is 5.79. The van der Waals surface area contributed by atoms with Gasteiger partial charge in [-0.1, -0.05) is 5.92 Å². The van der Waals surface area contributed by atoms with Crippen molar-refractivity contribution >= 4 is 22.8 Å². The third-order valence-electron chi connectivity index (χ3n) is 5.91. The Hall–Kier alpha value is -4.32. The number of ether oxygens (including phenoxy) is 1. The van der Waals surface area contributed by atoms with E-state index in [2.05, 4.69) is 47.3 Å². The molecule has 1 aliphatic rings. The summed E-state index contributed by atoms with van der Waals surface area (Å²) in [6.07, 6.45) is 8.44. The largest absolute Gasteiger partial charge is 0.469 e. The lowest BCUT2D eigenvalue weighted by Crippen LogP contribution is -2.30. The first-order valence-electron chi connectivity index (χ1n) is 11.1. The van der Waals surface area contributed by atoms with Crippen molar-refractivity contribution in [2.24, 2.45) is 5.92 Å². The van der Waals surface area contributed by atoms with Gasteiger partial charge in [-0.2, -0.15) is 5.10 Å². The minimum absolute atomic E-state index is 0.0193. The number of benzene rings is 1. The number of fused-ring (bicyclic) bond motifs is 1. The molecule has 1 fully saturated rings. The van der Waals surface area contributed by atoms with E-state index in [1.54, 1.807) is 30.7 Å². The fraction of sp³-hybridized carbons (Fsp3) is 0.280. The molecule has 34 heavy (non-hydrogen) atoms. The number of esters is 1. The number of carbonyl (C=O) groups excluding carboxylic acids is 1. The van der Waals surface area contributed by atoms with E-state index in [9.17, 15) is 4.79 Å². The molecule has 170 valence electrons. The molecular formula is C25H23N7O2. The summed E-state index contributed by atoms with van der Waals surface area (Å²) in [5.41, 5.74) is 3.07. The highest BCUT2D eigenvalue weighted by Gasteiger charge is 2.27. The van der Waals surface area contributed by atoms with Gasteiger partial charge >= 0.3 is 5.97 Å². The quantitative estimate of drug-likeness (QED) is 0.357. The van der Waals surface area contributed by atoms with Gasteiger partial charge in [0, 0.05) is 29.4 Å². The first kappa shape index (κ1) is 21.5. The van der Waals surface area contributed by atoms with Crippen LogP contribution in [0.15, 0.2) is 48.9 Å². The standard InChI is InChI=1S/C25H23N7O2/c1-34-24(33)17-4-7-19(8-5-17)30-25-27-13-11-22(31-25)23-26-12-10-20(29-23)6-2-16-3-9-21-18(14-16)15-28-32-21/h3,9-15,17,19H,4-5,7-8H2,1H3,(H,28,32)(H,27,30,31)/t17-,19-. The van der Waals surface area contributed by atoms with Crippen molar-refractivity contribution in [3.8, 4) is 23.4 Å². The summed E-state index contributed by atoms with van der Waals surface area (Å²) in [6.45, 7) is 0. The van der Waals surface area contributed by atoms with Crippen LogP contribution >= 0.6 is 0 Å². The zero-order valence-electron chi connectivity index (χ0n) is 18.7. The lowest BCUT2D eigenvalue weighted by molar-refractivity contribution is -0.146. The van der Waals surface area contributed by atoms with Gasteiger partial charge in [0.2, 0.25) is 5.95 Å². The number of nitrogens with one attached hydrogen (secondary N) is 2. The van der Waals surface area contributed by atoms with E-state index in [1.165, 1.54) is 7.11 Å². The molecule has 0 unspecified atom stereocenters. The fourth-order valence-corrected chi connectivity index (χ4v) is 4.08. The number of aromatic amines is 1. The van der Waals surface area contributed by atoms with Crippen molar-refractivity contribution in [2.75, 3.05) is 12.4 Å². The Balaban J connectivity index is 1.28. The molecule has 0 amide bonds. The summed E-state index contributed by atoms with van der Waals surface area (Å²) in [7, 11) is 1.44. The van der Waals surface area contributed by atoms with Gasteiger partial charge in [0.25, 0.3) is 0 Å². The number of methoxy groups -OCH3 is 1. The normalized spacial score (nSPS) is 17.6. The molecule has 4 aromatic rings. The molecule has 0 spiro atoms. The predicted molar refractivity (Wildman–Crippen MR) is 127 cm³/mol. The fourth-order valence-electron chi connectivity index (χ4n) is 4.08. The Morgan fingerprint density at radius 1 is 1.06 bits per heavy atom. The maximum absolute atomic E-state index is 11.7. The molecule has 1 aliphatic carbocycles. The molecule has 1 aromatic carbocycles. The molecule has 5 rings (SSSR count). The summed E-state index contributed by atoms with van der Waals surface area (Å²) >= 11 is 0. The highest BCUT2D eigenvalue weighted by Crippen LogP contribution is 2.27. The highest BCUT2D eigenvalue weighted by atomic mass is 16.5. The van der Waals surface area contributed by atoms with Gasteiger partial charge in [-0.15, -0.1) is 0 Å². The number of rotatable bonds is 4. The molecule has 2 N–H and O–H groups in total. The molecule has 9 heteroatoms. The van der Waals surface area contributed by atoms with Crippen molar-refractivity contribution in [3.63, 3.8) is 0 Å². The maximum atomic E-state index is 11.7. The maximum Gasteiger partial charge on any atom is 0.308 e. The number of carbonyl (C=O) groups is 1. The molecule has 1 saturated carbocycles. The molecule has 0 radical (unpaired) electrons. The van der Waals surface area contributed by atoms with Crippen LogP contribution in [-0.4, -0.2) is 49.3 Å². The van der Waals surface area contributed by atoms with Gasteiger partial charge in [-0.3, -0.25) is 9.89 Å². The van der Waals surface area contributed by atoms with Crippen molar-refractivity contribution < 1.29 is 9.53 Å². The van der Waals surface area contributed by atoms with Gasteiger partial charge in [-0.25, -0.2) is 19.9 Å². The molecule has 0 bridgehead atoms. The van der Waals surface area contributed by atoms with Crippen molar-refractivity contribution in [1.29, 1.82) is 0 Å². The van der Waals surface area contributed by atoms with Gasteiger partial charge in [0.1, 0.15) is 11.4 Å². The van der Waals surface area contributed by atoms with Crippen LogP contribution in [0.4, 0.5) is 5.95 Å². The molecule has 0 saturated heterocycles. The van der Waals surface area contributed by atoms with Crippen molar-refractivity contribution in [2.45, 2.75) is 31.7 Å². The van der Waals surface area contributed by atoms with Crippen molar-refractivity contribution in [3.05, 3.63) is 60.2 Å². The number of hydrogen-bond donors (Lipinski definition) is 2. The summed E-state index contributed by atoms with van der Waals surface area (Å²) in [5, 5.41) is 11.4. The molecule has 9 nitrogen and oxygen atoms in total. The molecule has 0 atom stereocenters. The van der Waals surface area contributed by atoms with Crippen LogP contribution in [-0.2, 0) is 9.53 Å². The third-order valence-corrected chi connectivity index (χ3v) is 5.91. The third kappa shape index (κ3) is 4.86. The van der Waals surface area contributed by atoms with E-state index in [-0.39, 0.29) is 17.9 Å². The minimum atomic E-state index is -0.126. The number of hydrogen-bond acceptors (Lipinski definition) is 8. The van der Waals surface area contributed by atoms with Crippen molar-refractivity contribution in [1.82, 2.24) is 30.1 Å². The zero-order chi connectivity index (χ0) is 23.3. The van der Waals surface area contributed by atoms with E-state index in [0.717, 1.165) is 42.1 Å². The van der Waals surface area contributed by atoms with Gasteiger partial charge in [0.05, 0.1) is 24.7 Å². The van der Waals surface area contributed by atoms with Gasteiger partial charge in [0.15, 0.2) is 5.82 Å². The number of aromatic nitrogens is 6. The topological polar surface area (TPSA) is 119 Å². The van der Waals surface area contributed by atoms with Crippen LogP contribution in [0.25, 0.3) is 22.4 Å². The average molecular weight is 454 g/mol. The summed E-state index contributed by atoms with van der Waals surface area (Å²) in [6, 6.07) is 9.63. The molecule has 3 aromatic heterocycles. The predicted octanol–water partition coefficient (Wildman–Crippen LogP) is 3.35. The van der Waals surface area contributed by atoms with Crippen LogP contribution in [0.5, 0.6) is 0 Å². The lowest BCUT2D eigenvalue weighted by atomic mass is 9.86. The van der Waals surface area contributed by atoms with Crippen LogP contribution in [0, 0.1) is 17.8 Å². The lowest BCUT2D eigenvalue weighted by Gasteiger charge is -2.27. The second kappa shape index (κ2) is 9.67. The Morgan fingerprint density at radius 2 is 1.91 bits per heavy atom. The zero-order valence-corrected chi connectivity index (χ0v) is 18.7. The molecule has 3 heterocycles. The SMILES string of the molecule is COC(=O)[C@H]1CC[C@H](Nc2nccc(-c3nccc(C#Cc4ccc5[nH]ncc5c4)n3)n2)CC1. The number of nitrogens with zero attached hydrogens (tertiary/aromatic N) is 5. The second-order valence-electron chi connectivity index (χ2n) is 8.17. The van der Waals surface area contributed by atoms with Crippen LogP contribution in [0.3, 0.4) is 0 Å². The second-order valence-corrected chi connectivity index (χ2v) is 8.17. The monoisotopic (exact) mass is 453 g/mol. The van der Waals surface area contributed by atoms with E-state index >= 15 is 0 Å². The van der Waals surface area contributed by atoms with Gasteiger partial charge in [-0.05, 0) is 61.9 Å². The number of H-pyrrole nitrogens is 1. The molecular weight excluding hydrogens is 430 g/mol. The van der Waals surface area contributed by atoms with E-state index < -0.39 is 0 Å². The Bertz CT molecular complexity index is 1380. The average Bonchev–Trinajstić information content (AvgIpc) is 3.36. The smallest absolute Gasteiger partial charge is 0.308 e.